The van der Waals surface area contributed by atoms with Crippen LogP contribution in [0.3, 0.4) is 0 Å². The Balaban J connectivity index is 1.74. The van der Waals surface area contributed by atoms with Gasteiger partial charge in [-0.2, -0.15) is 0 Å². The van der Waals surface area contributed by atoms with E-state index in [4.69, 9.17) is 9.84 Å². The van der Waals surface area contributed by atoms with Gasteiger partial charge in [0.15, 0.2) is 5.69 Å². The van der Waals surface area contributed by atoms with E-state index in [0.717, 1.165) is 22.4 Å². The summed E-state index contributed by atoms with van der Waals surface area (Å²) in [7, 11) is 0. The molecule has 126 valence electrons. The molecule has 2 aromatic carbocycles. The van der Waals surface area contributed by atoms with Crippen molar-refractivity contribution in [3.63, 3.8) is 0 Å². The lowest BCUT2D eigenvalue weighted by atomic mass is 10.0. The van der Waals surface area contributed by atoms with Crippen LogP contribution in [-0.2, 0) is 0 Å². The third kappa shape index (κ3) is 3.92. The summed E-state index contributed by atoms with van der Waals surface area (Å²) in [6, 6.07) is 15.9. The van der Waals surface area contributed by atoms with E-state index < -0.39 is 5.97 Å². The van der Waals surface area contributed by atoms with E-state index in [0.29, 0.717) is 12.3 Å². The lowest BCUT2D eigenvalue weighted by Crippen LogP contribution is -1.98. The van der Waals surface area contributed by atoms with Gasteiger partial charge in [-0.05, 0) is 41.8 Å². The lowest BCUT2D eigenvalue weighted by Gasteiger charge is -2.05. The van der Waals surface area contributed by atoms with Crippen molar-refractivity contribution in [3.8, 4) is 16.9 Å². The number of carbonyl (C=O) groups is 1. The first-order valence-corrected chi connectivity index (χ1v) is 7.83. The molecule has 0 amide bonds. The smallest absolute Gasteiger partial charge is 0.358 e. The third-order valence-electron chi connectivity index (χ3n) is 3.63. The summed E-state index contributed by atoms with van der Waals surface area (Å²) in [5.74, 6) is -0.257. The number of carboxylic acids is 1. The highest BCUT2D eigenvalue weighted by molar-refractivity contribution is 5.90. The van der Waals surface area contributed by atoms with E-state index in [1.54, 1.807) is 6.08 Å². The second-order valence-corrected chi connectivity index (χ2v) is 5.29. The quantitative estimate of drug-likeness (QED) is 0.716. The van der Waals surface area contributed by atoms with Crippen molar-refractivity contribution in [2.75, 3.05) is 6.61 Å². The Morgan fingerprint density at radius 3 is 2.32 bits per heavy atom. The predicted molar refractivity (Wildman–Crippen MR) is 95.3 cm³/mol. The minimum Gasteiger partial charge on any atom is -0.494 e. The number of ether oxygens (including phenoxy) is 1. The van der Waals surface area contributed by atoms with Crippen LogP contribution in [0.5, 0.6) is 5.75 Å². The molecule has 6 nitrogen and oxygen atoms in total. The molecular weight excluding hydrogens is 318 g/mol. The van der Waals surface area contributed by atoms with Gasteiger partial charge < -0.3 is 9.84 Å². The van der Waals surface area contributed by atoms with Crippen molar-refractivity contribution in [2.24, 2.45) is 0 Å². The van der Waals surface area contributed by atoms with Crippen LogP contribution in [-0.4, -0.2) is 33.1 Å². The maximum Gasteiger partial charge on any atom is 0.358 e. The van der Waals surface area contributed by atoms with Gasteiger partial charge in [-0.1, -0.05) is 47.7 Å². The first-order chi connectivity index (χ1) is 12.2. The Morgan fingerprint density at radius 2 is 1.72 bits per heavy atom. The summed E-state index contributed by atoms with van der Waals surface area (Å²) in [5.41, 5.74) is 3.41. The zero-order valence-corrected chi connectivity index (χ0v) is 13.6. The fourth-order valence-corrected chi connectivity index (χ4v) is 2.39. The summed E-state index contributed by atoms with van der Waals surface area (Å²) in [6.07, 6.45) is 3.46. The van der Waals surface area contributed by atoms with Gasteiger partial charge in [-0.25, -0.2) is 4.79 Å². The summed E-state index contributed by atoms with van der Waals surface area (Å²) in [6.45, 7) is 2.61. The second-order valence-electron chi connectivity index (χ2n) is 5.29. The highest BCUT2D eigenvalue weighted by atomic mass is 16.5. The van der Waals surface area contributed by atoms with E-state index >= 15 is 0 Å². The van der Waals surface area contributed by atoms with Gasteiger partial charge in [0.1, 0.15) is 5.75 Å². The van der Waals surface area contributed by atoms with Crippen molar-refractivity contribution in [1.82, 2.24) is 15.4 Å². The third-order valence-corrected chi connectivity index (χ3v) is 3.63. The maximum absolute atomic E-state index is 11.0. The molecular formula is C19H17N3O3. The van der Waals surface area contributed by atoms with E-state index in [1.807, 2.05) is 61.5 Å². The van der Waals surface area contributed by atoms with Crippen molar-refractivity contribution < 1.29 is 14.6 Å². The average molecular weight is 335 g/mol. The molecule has 0 aliphatic heterocycles. The number of nitrogens with one attached hydrogen (secondary N) is 1. The molecule has 0 fully saturated rings. The first-order valence-electron chi connectivity index (χ1n) is 7.83. The number of rotatable bonds is 6. The SMILES string of the molecule is CCOc1ccc(-c2ccc(C=Cc3[nH]nnc3C(=O)O)cc2)cc1. The monoisotopic (exact) mass is 335 g/mol. The van der Waals surface area contributed by atoms with Crippen LogP contribution in [0.25, 0.3) is 23.3 Å². The number of benzene rings is 2. The van der Waals surface area contributed by atoms with Gasteiger partial charge in [-0.3, -0.25) is 5.10 Å². The van der Waals surface area contributed by atoms with Crippen molar-refractivity contribution >= 4 is 18.1 Å². The number of aromatic nitrogens is 3. The van der Waals surface area contributed by atoms with Crippen LogP contribution in [0.2, 0.25) is 0 Å². The zero-order chi connectivity index (χ0) is 17.6. The molecule has 1 aromatic heterocycles. The van der Waals surface area contributed by atoms with E-state index in [-0.39, 0.29) is 5.69 Å². The number of nitrogens with zero attached hydrogens (tertiary/aromatic N) is 2. The lowest BCUT2D eigenvalue weighted by molar-refractivity contribution is 0.0690. The fourth-order valence-electron chi connectivity index (χ4n) is 2.39. The molecule has 2 N–H and O–H groups in total. The van der Waals surface area contributed by atoms with Gasteiger partial charge in [0.2, 0.25) is 0 Å². The van der Waals surface area contributed by atoms with Crippen LogP contribution in [0.15, 0.2) is 48.5 Å². The molecule has 0 saturated carbocycles. The summed E-state index contributed by atoms with van der Waals surface area (Å²) in [4.78, 5) is 11.0. The van der Waals surface area contributed by atoms with Gasteiger partial charge in [0.25, 0.3) is 0 Å². The summed E-state index contributed by atoms with van der Waals surface area (Å²) >= 11 is 0. The highest BCUT2D eigenvalue weighted by Gasteiger charge is 2.11. The summed E-state index contributed by atoms with van der Waals surface area (Å²) < 4.78 is 5.45. The Morgan fingerprint density at radius 1 is 1.08 bits per heavy atom. The number of aromatic carboxylic acids is 1. The standard InChI is InChI=1S/C19H17N3O3/c1-2-25-16-10-8-15(9-11-16)14-6-3-13(4-7-14)5-12-17-18(19(23)24)21-22-20-17/h3-12H,2H2,1H3,(H,23,24)(H,20,21,22). The van der Waals surface area contributed by atoms with Crippen molar-refractivity contribution in [1.29, 1.82) is 0 Å². The van der Waals surface area contributed by atoms with Crippen LogP contribution < -0.4 is 4.74 Å². The van der Waals surface area contributed by atoms with Crippen LogP contribution in [0.1, 0.15) is 28.7 Å². The maximum atomic E-state index is 11.0. The Bertz CT molecular complexity index is 881. The van der Waals surface area contributed by atoms with Crippen LogP contribution in [0, 0.1) is 0 Å². The molecule has 0 radical (unpaired) electrons. The molecule has 0 bridgehead atoms. The molecule has 0 aliphatic carbocycles. The van der Waals surface area contributed by atoms with Crippen molar-refractivity contribution in [2.45, 2.75) is 6.92 Å². The average Bonchev–Trinajstić information content (AvgIpc) is 3.10. The molecule has 0 saturated heterocycles. The van der Waals surface area contributed by atoms with Gasteiger partial charge >= 0.3 is 5.97 Å². The van der Waals surface area contributed by atoms with E-state index in [9.17, 15) is 4.79 Å². The molecule has 3 rings (SSSR count). The topological polar surface area (TPSA) is 88.1 Å². The number of H-pyrrole nitrogens is 1. The number of hydrogen-bond acceptors (Lipinski definition) is 4. The molecule has 0 unspecified atom stereocenters. The number of hydrogen-bond donors (Lipinski definition) is 2. The minimum atomic E-state index is -1.11. The van der Waals surface area contributed by atoms with Crippen LogP contribution >= 0.6 is 0 Å². The summed E-state index contributed by atoms with van der Waals surface area (Å²) in [5, 5.41) is 18.6. The zero-order valence-electron chi connectivity index (χ0n) is 13.6. The van der Waals surface area contributed by atoms with Crippen LogP contribution in [0.4, 0.5) is 0 Å². The molecule has 0 atom stereocenters. The number of carboxylic acid groups (broad SMARTS) is 1. The highest BCUT2D eigenvalue weighted by Crippen LogP contribution is 2.23. The Hall–Kier alpha value is -3.41. The largest absolute Gasteiger partial charge is 0.494 e. The number of aromatic amines is 1. The molecule has 1 heterocycles. The normalized spacial score (nSPS) is 10.9. The van der Waals surface area contributed by atoms with Gasteiger partial charge in [-0.15, -0.1) is 5.10 Å². The molecule has 0 aliphatic rings. The second kappa shape index (κ2) is 7.44. The van der Waals surface area contributed by atoms with Crippen molar-refractivity contribution in [3.05, 3.63) is 65.5 Å². The first kappa shape index (κ1) is 16.4. The Labute approximate surface area is 144 Å². The van der Waals surface area contributed by atoms with E-state index in [1.165, 1.54) is 0 Å². The predicted octanol–water partition coefficient (Wildman–Crippen LogP) is 3.74. The molecule has 25 heavy (non-hydrogen) atoms. The molecule has 3 aromatic rings. The van der Waals surface area contributed by atoms with E-state index in [2.05, 4.69) is 15.4 Å². The van der Waals surface area contributed by atoms with Gasteiger partial charge in [0.05, 0.1) is 12.3 Å². The fraction of sp³-hybridized carbons (Fsp3) is 0.105. The van der Waals surface area contributed by atoms with Gasteiger partial charge in [0, 0.05) is 0 Å². The molecule has 6 heteroatoms. The Kier molecular flexibility index (Phi) is 4.89. The minimum absolute atomic E-state index is 0.0951. The molecule has 0 spiro atoms.